The molecule has 5 nitrogen and oxygen atoms in total. The average Bonchev–Trinajstić information content (AvgIpc) is 2.87. The summed E-state index contributed by atoms with van der Waals surface area (Å²) < 4.78 is 6.47. The third-order valence-corrected chi connectivity index (χ3v) is 10.1. The van der Waals surface area contributed by atoms with E-state index in [9.17, 15) is 4.79 Å². The van der Waals surface area contributed by atoms with E-state index in [-0.39, 0.29) is 10.7 Å². The summed E-state index contributed by atoms with van der Waals surface area (Å²) >= 11 is 1.40. The van der Waals surface area contributed by atoms with E-state index in [4.69, 9.17) is 9.53 Å². The summed E-state index contributed by atoms with van der Waals surface area (Å²) in [5.41, 5.74) is 0.139. The molecule has 2 rings (SSSR count). The fraction of sp³-hybridized carbons (Fsp3) is 0.733. The Labute approximate surface area is 137 Å². The Morgan fingerprint density at radius 1 is 1.41 bits per heavy atom. The minimum absolute atomic E-state index is 0.139. The second kappa shape index (κ2) is 6.29. The standard InChI is InChI=1S/C15H26N2O3SSi/c1-15(2,3)22(4,5)20-11-6-8-17(9-7-11)14-16-12(10-21-14)13(18)19/h10-11H,6-9H2,1-5H3,(H,18,19). The Balaban J connectivity index is 1.91. The molecule has 0 spiro atoms. The topological polar surface area (TPSA) is 62.7 Å². The Kier molecular flexibility index (Phi) is 4.99. The molecule has 0 unspecified atom stereocenters. The van der Waals surface area contributed by atoms with Gasteiger partial charge in [0, 0.05) is 24.6 Å². The smallest absolute Gasteiger partial charge is 0.355 e. The normalized spacial score (nSPS) is 17.8. The molecule has 1 saturated heterocycles. The van der Waals surface area contributed by atoms with E-state index in [1.165, 1.54) is 11.3 Å². The molecule has 0 saturated carbocycles. The van der Waals surface area contributed by atoms with Gasteiger partial charge in [-0.25, -0.2) is 9.78 Å². The first-order chi connectivity index (χ1) is 10.1. The molecule has 2 heterocycles. The lowest BCUT2D eigenvalue weighted by atomic mass is 10.1. The maximum atomic E-state index is 10.9. The summed E-state index contributed by atoms with van der Waals surface area (Å²) in [5, 5.41) is 11.6. The number of piperidine rings is 1. The number of hydrogen-bond acceptors (Lipinski definition) is 5. The Hall–Kier alpha value is -0.923. The predicted molar refractivity (Wildman–Crippen MR) is 92.6 cm³/mol. The first-order valence-corrected chi connectivity index (χ1v) is 11.5. The molecule has 124 valence electrons. The van der Waals surface area contributed by atoms with Gasteiger partial charge in [-0.15, -0.1) is 11.3 Å². The lowest BCUT2D eigenvalue weighted by Gasteiger charge is -2.41. The highest BCUT2D eigenvalue weighted by Crippen LogP contribution is 2.38. The molecular weight excluding hydrogens is 316 g/mol. The van der Waals surface area contributed by atoms with Crippen LogP contribution in [0.25, 0.3) is 0 Å². The van der Waals surface area contributed by atoms with Crippen LogP contribution in [0.1, 0.15) is 44.1 Å². The van der Waals surface area contributed by atoms with Gasteiger partial charge in [-0.2, -0.15) is 0 Å². The molecular formula is C15H26N2O3SSi. The molecule has 0 aromatic carbocycles. The van der Waals surface area contributed by atoms with Gasteiger partial charge in [-0.05, 0) is 31.0 Å². The van der Waals surface area contributed by atoms with Gasteiger partial charge >= 0.3 is 5.97 Å². The van der Waals surface area contributed by atoms with Gasteiger partial charge in [0.25, 0.3) is 0 Å². The predicted octanol–water partition coefficient (Wildman–Crippen LogP) is 3.83. The van der Waals surface area contributed by atoms with E-state index in [0.29, 0.717) is 6.10 Å². The molecule has 0 bridgehead atoms. The lowest BCUT2D eigenvalue weighted by Crippen LogP contribution is -2.47. The second-order valence-electron chi connectivity index (χ2n) is 7.39. The minimum Gasteiger partial charge on any atom is -0.476 e. The highest BCUT2D eigenvalue weighted by Gasteiger charge is 2.39. The largest absolute Gasteiger partial charge is 0.476 e. The summed E-state index contributed by atoms with van der Waals surface area (Å²) in [6.45, 7) is 13.1. The summed E-state index contributed by atoms with van der Waals surface area (Å²) in [5.74, 6) is -0.960. The highest BCUT2D eigenvalue weighted by molar-refractivity contribution is 7.13. The van der Waals surface area contributed by atoms with E-state index < -0.39 is 14.3 Å². The van der Waals surface area contributed by atoms with Crippen molar-refractivity contribution in [1.29, 1.82) is 0 Å². The van der Waals surface area contributed by atoms with Crippen molar-refractivity contribution in [2.45, 2.75) is 57.8 Å². The van der Waals surface area contributed by atoms with Crippen LogP contribution in [0.5, 0.6) is 0 Å². The van der Waals surface area contributed by atoms with E-state index >= 15 is 0 Å². The monoisotopic (exact) mass is 342 g/mol. The highest BCUT2D eigenvalue weighted by atomic mass is 32.1. The quantitative estimate of drug-likeness (QED) is 0.843. The van der Waals surface area contributed by atoms with Gasteiger partial charge in [0.15, 0.2) is 19.1 Å². The molecule has 0 radical (unpaired) electrons. The van der Waals surface area contributed by atoms with Crippen molar-refractivity contribution < 1.29 is 14.3 Å². The number of thiazole rings is 1. The number of carboxylic acid groups (broad SMARTS) is 1. The van der Waals surface area contributed by atoms with Gasteiger partial charge < -0.3 is 14.4 Å². The fourth-order valence-electron chi connectivity index (χ4n) is 2.27. The summed E-state index contributed by atoms with van der Waals surface area (Å²) in [6.07, 6.45) is 2.28. The molecule has 7 heteroatoms. The number of carbonyl (C=O) groups is 1. The first kappa shape index (κ1) is 17.4. The molecule has 1 fully saturated rings. The number of nitrogens with zero attached hydrogens (tertiary/aromatic N) is 2. The molecule has 1 aliphatic heterocycles. The second-order valence-corrected chi connectivity index (χ2v) is 13.0. The molecule has 0 amide bonds. The zero-order valence-electron chi connectivity index (χ0n) is 14.0. The summed E-state index contributed by atoms with van der Waals surface area (Å²) in [7, 11) is -1.71. The number of aromatic nitrogens is 1. The first-order valence-electron chi connectivity index (χ1n) is 7.72. The van der Waals surface area contributed by atoms with Gasteiger partial charge in [0.1, 0.15) is 0 Å². The minimum atomic E-state index is -1.71. The van der Waals surface area contributed by atoms with Gasteiger partial charge in [0.05, 0.1) is 0 Å². The molecule has 1 aromatic rings. The van der Waals surface area contributed by atoms with Gasteiger partial charge in [-0.1, -0.05) is 20.8 Å². The van der Waals surface area contributed by atoms with Crippen LogP contribution in [0.3, 0.4) is 0 Å². The van der Waals surface area contributed by atoms with Crippen LogP contribution in [0, 0.1) is 0 Å². The third kappa shape index (κ3) is 3.88. The SMILES string of the molecule is CC(C)(C)[Si](C)(C)OC1CCN(c2nc(C(=O)O)cs2)CC1. The fourth-order valence-corrected chi connectivity index (χ4v) is 4.54. The molecule has 0 aliphatic carbocycles. The number of rotatable bonds is 4. The molecule has 1 aliphatic rings. The zero-order valence-corrected chi connectivity index (χ0v) is 15.9. The van der Waals surface area contributed by atoms with Crippen LogP contribution < -0.4 is 4.90 Å². The van der Waals surface area contributed by atoms with Crippen molar-refractivity contribution in [2.24, 2.45) is 0 Å². The summed E-state index contributed by atoms with van der Waals surface area (Å²) in [6, 6.07) is 0. The maximum Gasteiger partial charge on any atom is 0.355 e. The van der Waals surface area contributed by atoms with Crippen molar-refractivity contribution in [3.05, 3.63) is 11.1 Å². The number of aromatic carboxylic acids is 1. The third-order valence-electron chi connectivity index (χ3n) is 4.69. The average molecular weight is 343 g/mol. The number of carboxylic acids is 1. The van der Waals surface area contributed by atoms with Crippen molar-refractivity contribution in [3.63, 3.8) is 0 Å². The van der Waals surface area contributed by atoms with E-state index in [1.807, 2.05) is 0 Å². The van der Waals surface area contributed by atoms with Crippen LogP contribution in [-0.2, 0) is 4.43 Å². The Morgan fingerprint density at radius 3 is 2.45 bits per heavy atom. The van der Waals surface area contributed by atoms with Crippen LogP contribution in [0.2, 0.25) is 18.1 Å². The van der Waals surface area contributed by atoms with Crippen LogP contribution in [0.15, 0.2) is 5.38 Å². The van der Waals surface area contributed by atoms with Crippen molar-refractivity contribution in [3.8, 4) is 0 Å². The van der Waals surface area contributed by atoms with Gasteiger partial charge in [-0.3, -0.25) is 0 Å². The van der Waals surface area contributed by atoms with E-state index in [0.717, 1.165) is 31.1 Å². The van der Waals surface area contributed by atoms with E-state index in [2.05, 4.69) is 43.7 Å². The van der Waals surface area contributed by atoms with Crippen LogP contribution in [0.4, 0.5) is 5.13 Å². The summed E-state index contributed by atoms with van der Waals surface area (Å²) in [4.78, 5) is 17.3. The lowest BCUT2D eigenvalue weighted by molar-refractivity contribution is 0.0691. The van der Waals surface area contributed by atoms with Gasteiger partial charge in [0.2, 0.25) is 0 Å². The molecule has 1 aromatic heterocycles. The Bertz CT molecular complexity index is 531. The van der Waals surface area contributed by atoms with E-state index in [1.54, 1.807) is 5.38 Å². The van der Waals surface area contributed by atoms with Crippen molar-refractivity contribution in [2.75, 3.05) is 18.0 Å². The molecule has 1 N–H and O–H groups in total. The van der Waals surface area contributed by atoms with Crippen molar-refractivity contribution in [1.82, 2.24) is 4.98 Å². The van der Waals surface area contributed by atoms with Crippen LogP contribution in [-0.4, -0.2) is 43.6 Å². The maximum absolute atomic E-state index is 10.9. The zero-order chi connectivity index (χ0) is 16.5. The van der Waals surface area contributed by atoms with Crippen molar-refractivity contribution >= 4 is 30.8 Å². The Morgan fingerprint density at radius 2 is 2.00 bits per heavy atom. The molecule has 0 atom stereocenters. The van der Waals surface area contributed by atoms with Crippen LogP contribution >= 0.6 is 11.3 Å². The molecule has 22 heavy (non-hydrogen) atoms. The number of anilines is 1. The number of hydrogen-bond donors (Lipinski definition) is 1.